The van der Waals surface area contributed by atoms with E-state index in [4.69, 9.17) is 4.98 Å². The Balaban J connectivity index is 1.83. The third-order valence-electron chi connectivity index (χ3n) is 4.50. The van der Waals surface area contributed by atoms with E-state index in [9.17, 15) is 4.79 Å². The molecule has 0 aromatic carbocycles. The Morgan fingerprint density at radius 1 is 1.40 bits per heavy atom. The van der Waals surface area contributed by atoms with Gasteiger partial charge in [-0.25, -0.2) is 4.98 Å². The van der Waals surface area contributed by atoms with E-state index in [2.05, 4.69) is 46.7 Å². The highest BCUT2D eigenvalue weighted by Crippen LogP contribution is 2.25. The number of likely N-dealkylation sites (tertiary alicyclic amines) is 1. The maximum atomic E-state index is 11.5. The van der Waals surface area contributed by atoms with Gasteiger partial charge in [0.25, 0.3) is 0 Å². The number of amides is 1. The summed E-state index contributed by atoms with van der Waals surface area (Å²) >= 11 is 1.72. The summed E-state index contributed by atoms with van der Waals surface area (Å²) in [5, 5.41) is 9.42. The molecule has 7 heteroatoms. The van der Waals surface area contributed by atoms with Crippen LogP contribution in [0.15, 0.2) is 10.4 Å². The SMILES string of the molecule is CN=C(NCc1csc(C(C)(C)C)n1)N1CCC(CC(=O)NC)CC1. The lowest BCUT2D eigenvalue weighted by Gasteiger charge is -2.34. The average Bonchev–Trinajstić information content (AvgIpc) is 3.06. The van der Waals surface area contributed by atoms with Gasteiger partial charge in [-0.2, -0.15) is 0 Å². The number of carbonyl (C=O) groups is 1. The molecule has 0 bridgehead atoms. The number of carbonyl (C=O) groups excluding carboxylic acids is 1. The molecule has 0 spiro atoms. The van der Waals surface area contributed by atoms with Crippen LogP contribution in [0.1, 0.15) is 50.7 Å². The largest absolute Gasteiger partial charge is 0.359 e. The van der Waals surface area contributed by atoms with Crippen molar-refractivity contribution in [1.82, 2.24) is 20.5 Å². The van der Waals surface area contributed by atoms with E-state index in [1.807, 2.05) is 7.05 Å². The van der Waals surface area contributed by atoms with Crippen LogP contribution in [-0.4, -0.2) is 48.9 Å². The van der Waals surface area contributed by atoms with Crippen LogP contribution in [0.4, 0.5) is 0 Å². The summed E-state index contributed by atoms with van der Waals surface area (Å²) in [5.41, 5.74) is 1.16. The number of thiazole rings is 1. The fourth-order valence-corrected chi connectivity index (χ4v) is 3.85. The number of hydrogen-bond donors (Lipinski definition) is 2. The molecule has 1 aromatic rings. The first-order valence-corrected chi connectivity index (χ1v) is 9.82. The number of nitrogens with one attached hydrogen (secondary N) is 2. The lowest BCUT2D eigenvalue weighted by molar-refractivity contribution is -0.121. The Kier molecular flexibility index (Phi) is 6.81. The summed E-state index contributed by atoms with van der Waals surface area (Å²) in [7, 11) is 3.52. The molecule has 1 fully saturated rings. The summed E-state index contributed by atoms with van der Waals surface area (Å²) in [6, 6.07) is 0. The van der Waals surface area contributed by atoms with Crippen molar-refractivity contribution in [2.45, 2.75) is 52.0 Å². The van der Waals surface area contributed by atoms with E-state index in [1.165, 1.54) is 0 Å². The van der Waals surface area contributed by atoms with Crippen LogP contribution in [0.25, 0.3) is 0 Å². The summed E-state index contributed by atoms with van der Waals surface area (Å²) in [5.74, 6) is 1.53. The van der Waals surface area contributed by atoms with Gasteiger partial charge in [0, 0.05) is 44.4 Å². The van der Waals surface area contributed by atoms with Crippen LogP contribution in [-0.2, 0) is 16.8 Å². The van der Waals surface area contributed by atoms with E-state index >= 15 is 0 Å². The van der Waals surface area contributed by atoms with Crippen molar-refractivity contribution in [2.75, 3.05) is 27.2 Å². The lowest BCUT2D eigenvalue weighted by atomic mass is 9.93. The standard InChI is InChI=1S/C18H31N5OS/c1-18(2,3)16-22-14(12-25-16)11-21-17(20-5)23-8-6-13(7-9-23)10-15(24)19-4/h12-13H,6-11H2,1-5H3,(H,19,24)(H,20,21). The van der Waals surface area contributed by atoms with E-state index in [0.29, 0.717) is 18.9 Å². The molecule has 0 radical (unpaired) electrons. The number of guanidine groups is 1. The molecule has 0 atom stereocenters. The van der Waals surface area contributed by atoms with Gasteiger partial charge in [0.2, 0.25) is 5.91 Å². The number of hydrogen-bond acceptors (Lipinski definition) is 4. The molecule has 140 valence electrons. The zero-order valence-corrected chi connectivity index (χ0v) is 16.9. The summed E-state index contributed by atoms with van der Waals surface area (Å²) in [6.07, 6.45) is 2.68. The molecule has 0 aliphatic carbocycles. The monoisotopic (exact) mass is 365 g/mol. The van der Waals surface area contributed by atoms with Gasteiger partial charge in [0.15, 0.2) is 5.96 Å². The van der Waals surface area contributed by atoms with Crippen molar-refractivity contribution in [3.63, 3.8) is 0 Å². The third kappa shape index (κ3) is 5.70. The predicted octanol–water partition coefficient (Wildman–Crippen LogP) is 2.36. The fraction of sp³-hybridized carbons (Fsp3) is 0.722. The number of piperidine rings is 1. The van der Waals surface area contributed by atoms with E-state index < -0.39 is 0 Å². The molecule has 0 saturated carbocycles. The molecule has 2 heterocycles. The van der Waals surface area contributed by atoms with Gasteiger partial charge in [0.1, 0.15) is 0 Å². The first kappa shape index (κ1) is 19.7. The zero-order valence-electron chi connectivity index (χ0n) is 16.1. The average molecular weight is 366 g/mol. The maximum absolute atomic E-state index is 11.5. The number of rotatable bonds is 4. The highest BCUT2D eigenvalue weighted by atomic mass is 32.1. The van der Waals surface area contributed by atoms with Crippen molar-refractivity contribution >= 4 is 23.2 Å². The van der Waals surface area contributed by atoms with Crippen molar-refractivity contribution in [2.24, 2.45) is 10.9 Å². The van der Waals surface area contributed by atoms with E-state index in [-0.39, 0.29) is 11.3 Å². The van der Waals surface area contributed by atoms with Crippen LogP contribution >= 0.6 is 11.3 Å². The Bertz CT molecular complexity index is 597. The van der Waals surface area contributed by atoms with Crippen molar-refractivity contribution in [1.29, 1.82) is 0 Å². The van der Waals surface area contributed by atoms with Crippen LogP contribution in [0.3, 0.4) is 0 Å². The molecule has 0 unspecified atom stereocenters. The molecule has 1 saturated heterocycles. The molecule has 1 aliphatic heterocycles. The summed E-state index contributed by atoms with van der Waals surface area (Å²) in [4.78, 5) is 22.9. The summed E-state index contributed by atoms with van der Waals surface area (Å²) in [6.45, 7) is 9.12. The maximum Gasteiger partial charge on any atom is 0.220 e. The topological polar surface area (TPSA) is 69.6 Å². The van der Waals surface area contributed by atoms with E-state index in [0.717, 1.165) is 42.6 Å². The van der Waals surface area contributed by atoms with Crippen LogP contribution in [0, 0.1) is 5.92 Å². The van der Waals surface area contributed by atoms with Gasteiger partial charge in [-0.05, 0) is 18.8 Å². The predicted molar refractivity (Wildman–Crippen MR) is 104 cm³/mol. The molecular formula is C18H31N5OS. The second-order valence-corrected chi connectivity index (χ2v) is 8.46. The molecule has 2 rings (SSSR count). The van der Waals surface area contributed by atoms with Crippen molar-refractivity contribution in [3.8, 4) is 0 Å². The van der Waals surface area contributed by atoms with E-state index in [1.54, 1.807) is 18.4 Å². The molecule has 1 aromatic heterocycles. The molecular weight excluding hydrogens is 334 g/mol. The van der Waals surface area contributed by atoms with Gasteiger partial charge in [-0.3, -0.25) is 9.79 Å². The first-order valence-electron chi connectivity index (χ1n) is 8.94. The minimum atomic E-state index is 0.0945. The number of aliphatic imine (C=N–C) groups is 1. The minimum Gasteiger partial charge on any atom is -0.359 e. The summed E-state index contributed by atoms with van der Waals surface area (Å²) < 4.78 is 0. The smallest absolute Gasteiger partial charge is 0.220 e. The Morgan fingerprint density at radius 2 is 2.08 bits per heavy atom. The first-order chi connectivity index (χ1) is 11.8. The second-order valence-electron chi connectivity index (χ2n) is 7.60. The fourth-order valence-electron chi connectivity index (χ4n) is 2.95. The van der Waals surface area contributed by atoms with Crippen LogP contribution in [0.5, 0.6) is 0 Å². The molecule has 1 aliphatic rings. The zero-order chi connectivity index (χ0) is 18.4. The molecule has 2 N–H and O–H groups in total. The van der Waals surface area contributed by atoms with Gasteiger partial charge in [-0.15, -0.1) is 11.3 Å². The van der Waals surface area contributed by atoms with Crippen molar-refractivity contribution in [3.05, 3.63) is 16.1 Å². The Hall–Kier alpha value is -1.63. The van der Waals surface area contributed by atoms with Gasteiger partial charge < -0.3 is 15.5 Å². The normalized spacial score (nSPS) is 16.8. The minimum absolute atomic E-state index is 0.0945. The van der Waals surface area contributed by atoms with Gasteiger partial charge >= 0.3 is 0 Å². The van der Waals surface area contributed by atoms with Crippen LogP contribution in [0.2, 0.25) is 0 Å². The Morgan fingerprint density at radius 3 is 2.60 bits per heavy atom. The lowest BCUT2D eigenvalue weighted by Crippen LogP contribution is -2.45. The number of aromatic nitrogens is 1. The Labute approximate surface area is 155 Å². The molecule has 25 heavy (non-hydrogen) atoms. The van der Waals surface area contributed by atoms with Gasteiger partial charge in [0.05, 0.1) is 17.2 Å². The second kappa shape index (κ2) is 8.65. The third-order valence-corrected chi connectivity index (χ3v) is 5.82. The van der Waals surface area contributed by atoms with Crippen molar-refractivity contribution < 1.29 is 4.79 Å². The highest BCUT2D eigenvalue weighted by molar-refractivity contribution is 7.09. The quantitative estimate of drug-likeness (QED) is 0.635. The van der Waals surface area contributed by atoms with Gasteiger partial charge in [-0.1, -0.05) is 20.8 Å². The molecule has 1 amide bonds. The highest BCUT2D eigenvalue weighted by Gasteiger charge is 2.23. The van der Waals surface area contributed by atoms with Crippen LogP contribution < -0.4 is 10.6 Å². The molecule has 6 nitrogen and oxygen atoms in total. The number of nitrogens with zero attached hydrogens (tertiary/aromatic N) is 3.